The molecule has 0 aliphatic heterocycles. The average Bonchev–Trinajstić information content (AvgIpc) is 2.15. The van der Waals surface area contributed by atoms with E-state index in [-0.39, 0.29) is 5.82 Å². The van der Waals surface area contributed by atoms with Gasteiger partial charge in [0, 0.05) is 5.56 Å². The molecule has 1 aliphatic carbocycles. The molecule has 1 saturated carbocycles. The van der Waals surface area contributed by atoms with E-state index in [1.165, 1.54) is 25.3 Å². The Hall–Kier alpha value is -0.890. The van der Waals surface area contributed by atoms with Crippen molar-refractivity contribution < 1.29 is 9.50 Å². The van der Waals surface area contributed by atoms with Crippen LogP contribution < -0.4 is 0 Å². The molecule has 1 unspecified atom stereocenters. The summed E-state index contributed by atoms with van der Waals surface area (Å²) in [6.45, 7) is 1.92. The highest BCUT2D eigenvalue weighted by molar-refractivity contribution is 5.25. The highest BCUT2D eigenvalue weighted by Gasteiger charge is 2.23. The van der Waals surface area contributed by atoms with Crippen molar-refractivity contribution in [3.8, 4) is 0 Å². The number of rotatable bonds is 3. The van der Waals surface area contributed by atoms with Crippen molar-refractivity contribution in [1.29, 1.82) is 0 Å². The first kappa shape index (κ1) is 10.6. The van der Waals surface area contributed by atoms with E-state index < -0.39 is 6.10 Å². The molecule has 1 aromatic rings. The van der Waals surface area contributed by atoms with Crippen LogP contribution in [-0.2, 0) is 0 Å². The molecule has 1 N–H and O–H groups in total. The van der Waals surface area contributed by atoms with Gasteiger partial charge in [-0.25, -0.2) is 4.39 Å². The van der Waals surface area contributed by atoms with Crippen LogP contribution in [0.5, 0.6) is 0 Å². The monoisotopic (exact) mass is 208 g/mol. The quantitative estimate of drug-likeness (QED) is 0.807. The van der Waals surface area contributed by atoms with Crippen LogP contribution in [-0.4, -0.2) is 5.11 Å². The maximum atomic E-state index is 13.4. The Labute approximate surface area is 89.9 Å². The summed E-state index contributed by atoms with van der Waals surface area (Å²) in [5.41, 5.74) is 1.46. The Balaban J connectivity index is 2.09. The third-order valence-corrected chi connectivity index (χ3v) is 3.29. The van der Waals surface area contributed by atoms with E-state index in [1.807, 2.05) is 6.92 Å². The molecule has 1 nitrogen and oxygen atoms in total. The van der Waals surface area contributed by atoms with Gasteiger partial charge in [0.1, 0.15) is 5.82 Å². The second-order valence-electron chi connectivity index (χ2n) is 4.57. The van der Waals surface area contributed by atoms with Crippen LogP contribution in [0.2, 0.25) is 0 Å². The van der Waals surface area contributed by atoms with Gasteiger partial charge in [0.15, 0.2) is 0 Å². The molecule has 0 aromatic heterocycles. The van der Waals surface area contributed by atoms with Crippen LogP contribution >= 0.6 is 0 Å². The fourth-order valence-corrected chi connectivity index (χ4v) is 2.09. The van der Waals surface area contributed by atoms with Gasteiger partial charge in [0.05, 0.1) is 6.10 Å². The molecule has 2 rings (SSSR count). The second kappa shape index (κ2) is 4.31. The van der Waals surface area contributed by atoms with Gasteiger partial charge in [-0.15, -0.1) is 0 Å². The Morgan fingerprint density at radius 2 is 2.20 bits per heavy atom. The standard InChI is InChI=1S/C13H17FO/c1-9-5-6-12(14)11(7-9)13(15)8-10-3-2-4-10/h5-7,10,13,15H,2-4,8H2,1H3. The lowest BCUT2D eigenvalue weighted by atomic mass is 9.80. The maximum absolute atomic E-state index is 13.4. The number of halogens is 1. The fraction of sp³-hybridized carbons (Fsp3) is 0.538. The predicted molar refractivity (Wildman–Crippen MR) is 58.1 cm³/mol. The van der Waals surface area contributed by atoms with Crippen molar-refractivity contribution >= 4 is 0 Å². The molecule has 2 heteroatoms. The zero-order valence-corrected chi connectivity index (χ0v) is 9.04. The zero-order valence-electron chi connectivity index (χ0n) is 9.04. The first-order chi connectivity index (χ1) is 7.16. The Morgan fingerprint density at radius 3 is 2.80 bits per heavy atom. The van der Waals surface area contributed by atoms with Crippen molar-refractivity contribution in [3.63, 3.8) is 0 Å². The van der Waals surface area contributed by atoms with Crippen molar-refractivity contribution in [2.24, 2.45) is 5.92 Å². The first-order valence-corrected chi connectivity index (χ1v) is 5.61. The number of aryl methyl sites for hydroxylation is 1. The third kappa shape index (κ3) is 2.37. The van der Waals surface area contributed by atoms with Crippen LogP contribution in [0.4, 0.5) is 4.39 Å². The molecular formula is C13H17FO. The van der Waals surface area contributed by atoms with E-state index in [1.54, 1.807) is 12.1 Å². The van der Waals surface area contributed by atoms with E-state index in [0.29, 0.717) is 17.9 Å². The molecule has 0 bridgehead atoms. The second-order valence-corrected chi connectivity index (χ2v) is 4.57. The van der Waals surface area contributed by atoms with E-state index >= 15 is 0 Å². The van der Waals surface area contributed by atoms with Crippen LogP contribution in [0, 0.1) is 18.7 Å². The minimum absolute atomic E-state index is 0.285. The molecule has 1 fully saturated rings. The summed E-state index contributed by atoms with van der Waals surface area (Å²) in [5.74, 6) is 0.312. The summed E-state index contributed by atoms with van der Waals surface area (Å²) >= 11 is 0. The lowest BCUT2D eigenvalue weighted by molar-refractivity contribution is 0.115. The van der Waals surface area contributed by atoms with Gasteiger partial charge in [0.2, 0.25) is 0 Å². The molecule has 0 heterocycles. The Kier molecular flexibility index (Phi) is 3.06. The molecule has 0 radical (unpaired) electrons. The van der Waals surface area contributed by atoms with Crippen molar-refractivity contribution in [1.82, 2.24) is 0 Å². The molecular weight excluding hydrogens is 191 g/mol. The van der Waals surface area contributed by atoms with Crippen molar-refractivity contribution in [2.75, 3.05) is 0 Å². The smallest absolute Gasteiger partial charge is 0.129 e. The van der Waals surface area contributed by atoms with E-state index in [2.05, 4.69) is 0 Å². The number of aliphatic hydroxyl groups excluding tert-OH is 1. The van der Waals surface area contributed by atoms with Gasteiger partial charge >= 0.3 is 0 Å². The lowest BCUT2D eigenvalue weighted by Gasteiger charge is -2.27. The summed E-state index contributed by atoms with van der Waals surface area (Å²) in [4.78, 5) is 0. The SMILES string of the molecule is Cc1ccc(F)c(C(O)CC2CCC2)c1. The highest BCUT2D eigenvalue weighted by Crippen LogP contribution is 2.35. The van der Waals surface area contributed by atoms with E-state index in [9.17, 15) is 9.50 Å². The molecule has 0 saturated heterocycles. The molecule has 15 heavy (non-hydrogen) atoms. The van der Waals surface area contributed by atoms with E-state index in [0.717, 1.165) is 5.56 Å². The molecule has 0 spiro atoms. The van der Waals surface area contributed by atoms with Crippen LogP contribution in [0.3, 0.4) is 0 Å². The normalized spacial score (nSPS) is 18.6. The minimum atomic E-state index is -0.629. The summed E-state index contributed by atoms with van der Waals surface area (Å²) in [6, 6.07) is 4.92. The molecule has 1 aliphatic rings. The summed E-state index contributed by atoms with van der Waals surface area (Å²) < 4.78 is 13.4. The van der Waals surface area contributed by atoms with Gasteiger partial charge in [-0.2, -0.15) is 0 Å². The first-order valence-electron chi connectivity index (χ1n) is 5.61. The number of aliphatic hydroxyl groups is 1. The third-order valence-electron chi connectivity index (χ3n) is 3.29. The largest absolute Gasteiger partial charge is 0.388 e. The topological polar surface area (TPSA) is 20.2 Å². The van der Waals surface area contributed by atoms with Gasteiger partial charge in [-0.1, -0.05) is 37.0 Å². The number of hydrogen-bond acceptors (Lipinski definition) is 1. The molecule has 1 aromatic carbocycles. The van der Waals surface area contributed by atoms with Gasteiger partial charge in [-0.3, -0.25) is 0 Å². The summed E-state index contributed by atoms with van der Waals surface area (Å²) in [7, 11) is 0. The molecule has 0 amide bonds. The van der Waals surface area contributed by atoms with Gasteiger partial charge in [-0.05, 0) is 25.3 Å². The fourth-order valence-electron chi connectivity index (χ4n) is 2.09. The average molecular weight is 208 g/mol. The van der Waals surface area contributed by atoms with E-state index in [4.69, 9.17) is 0 Å². The van der Waals surface area contributed by atoms with Crippen molar-refractivity contribution in [2.45, 2.75) is 38.7 Å². The van der Waals surface area contributed by atoms with Crippen molar-refractivity contribution in [3.05, 3.63) is 35.1 Å². The highest BCUT2D eigenvalue weighted by atomic mass is 19.1. The molecule has 82 valence electrons. The summed E-state index contributed by atoms with van der Waals surface area (Å²) in [6.07, 6.45) is 3.71. The Morgan fingerprint density at radius 1 is 1.47 bits per heavy atom. The predicted octanol–water partition coefficient (Wildman–Crippen LogP) is 3.36. The number of benzene rings is 1. The zero-order chi connectivity index (χ0) is 10.8. The van der Waals surface area contributed by atoms with Crippen LogP contribution in [0.15, 0.2) is 18.2 Å². The van der Waals surface area contributed by atoms with Crippen LogP contribution in [0.25, 0.3) is 0 Å². The van der Waals surface area contributed by atoms with Gasteiger partial charge in [0.25, 0.3) is 0 Å². The van der Waals surface area contributed by atoms with Gasteiger partial charge < -0.3 is 5.11 Å². The Bertz CT molecular complexity index is 344. The van der Waals surface area contributed by atoms with Crippen LogP contribution in [0.1, 0.15) is 42.9 Å². The lowest BCUT2D eigenvalue weighted by Crippen LogP contribution is -2.15. The maximum Gasteiger partial charge on any atom is 0.129 e. The minimum Gasteiger partial charge on any atom is -0.388 e. The summed E-state index contributed by atoms with van der Waals surface area (Å²) in [5, 5.41) is 9.92. The number of hydrogen-bond donors (Lipinski definition) is 1. The molecule has 1 atom stereocenters.